The molecule has 0 aromatic rings. The fourth-order valence-corrected chi connectivity index (χ4v) is 3.39. The highest BCUT2D eigenvalue weighted by molar-refractivity contribution is 4.99. The van der Waals surface area contributed by atoms with Crippen LogP contribution < -0.4 is 5.32 Å². The first-order chi connectivity index (χ1) is 9.78. The van der Waals surface area contributed by atoms with Gasteiger partial charge in [0.15, 0.2) is 0 Å². The zero-order valence-corrected chi connectivity index (χ0v) is 13.2. The maximum atomic E-state index is 9.79. The maximum absolute atomic E-state index is 9.79. The third kappa shape index (κ3) is 5.34. The van der Waals surface area contributed by atoms with Crippen LogP contribution in [0, 0.1) is 0 Å². The van der Waals surface area contributed by atoms with E-state index in [-0.39, 0.29) is 12.1 Å². The van der Waals surface area contributed by atoms with Gasteiger partial charge in [0.25, 0.3) is 0 Å². The predicted molar refractivity (Wildman–Crippen MR) is 82.9 cm³/mol. The Labute approximate surface area is 124 Å². The summed E-state index contributed by atoms with van der Waals surface area (Å²) in [4.78, 5) is 0. The van der Waals surface area contributed by atoms with Gasteiger partial charge in [-0.3, -0.25) is 0 Å². The van der Waals surface area contributed by atoms with Crippen molar-refractivity contribution in [1.82, 2.24) is 5.32 Å². The molecule has 0 bridgehead atoms. The minimum absolute atomic E-state index is 0.0493. The number of aliphatic hydroxyl groups excluding tert-OH is 1. The summed E-state index contributed by atoms with van der Waals surface area (Å²) in [6, 6.07) is 0.662. The van der Waals surface area contributed by atoms with Gasteiger partial charge in [-0.1, -0.05) is 32.6 Å². The third-order valence-corrected chi connectivity index (χ3v) is 4.79. The fourth-order valence-electron chi connectivity index (χ4n) is 3.39. The van der Waals surface area contributed by atoms with Gasteiger partial charge < -0.3 is 15.2 Å². The summed E-state index contributed by atoms with van der Waals surface area (Å²) in [6.45, 7) is 3.42. The second-order valence-corrected chi connectivity index (χ2v) is 6.86. The van der Waals surface area contributed by atoms with E-state index in [9.17, 15) is 5.11 Å². The Kier molecular flexibility index (Phi) is 6.79. The van der Waals surface area contributed by atoms with Crippen LogP contribution in [0.2, 0.25) is 0 Å². The molecule has 0 heterocycles. The Bertz CT molecular complexity index is 268. The third-order valence-electron chi connectivity index (χ3n) is 4.79. The lowest BCUT2D eigenvalue weighted by Gasteiger charge is -2.40. The SMILES string of the molecule is CCCCCCCOC1CCCC(CO)(NC2CC2)C1. The Hall–Kier alpha value is -0.120. The van der Waals surface area contributed by atoms with Crippen LogP contribution in [0.15, 0.2) is 0 Å². The van der Waals surface area contributed by atoms with Crippen LogP contribution in [-0.2, 0) is 4.74 Å². The topological polar surface area (TPSA) is 41.5 Å². The molecule has 0 spiro atoms. The molecule has 118 valence electrons. The molecule has 20 heavy (non-hydrogen) atoms. The molecule has 2 aliphatic rings. The molecule has 0 radical (unpaired) electrons. The quantitative estimate of drug-likeness (QED) is 0.604. The van der Waals surface area contributed by atoms with E-state index >= 15 is 0 Å². The summed E-state index contributed by atoms with van der Waals surface area (Å²) in [5, 5.41) is 13.5. The molecule has 2 unspecified atom stereocenters. The summed E-state index contributed by atoms with van der Waals surface area (Å²) < 4.78 is 6.07. The molecule has 0 aromatic carbocycles. The lowest BCUT2D eigenvalue weighted by atomic mass is 9.80. The smallest absolute Gasteiger partial charge is 0.0614 e. The van der Waals surface area contributed by atoms with Crippen molar-refractivity contribution in [2.45, 2.75) is 95.2 Å². The normalized spacial score (nSPS) is 30.6. The first-order valence-corrected chi connectivity index (χ1v) is 8.78. The van der Waals surface area contributed by atoms with Gasteiger partial charge in [0.1, 0.15) is 0 Å². The lowest BCUT2D eigenvalue weighted by molar-refractivity contribution is -0.0175. The average Bonchev–Trinajstić information content (AvgIpc) is 3.27. The first kappa shape index (κ1) is 16.3. The number of unbranched alkanes of at least 4 members (excludes halogenated alkanes) is 4. The van der Waals surface area contributed by atoms with Crippen molar-refractivity contribution >= 4 is 0 Å². The van der Waals surface area contributed by atoms with Crippen molar-refractivity contribution in [3.05, 3.63) is 0 Å². The maximum Gasteiger partial charge on any atom is 0.0614 e. The highest BCUT2D eigenvalue weighted by atomic mass is 16.5. The molecule has 3 heteroatoms. The van der Waals surface area contributed by atoms with Crippen LogP contribution in [0.4, 0.5) is 0 Å². The predicted octanol–water partition coefficient (Wildman–Crippen LogP) is 3.40. The molecule has 0 aliphatic heterocycles. The van der Waals surface area contributed by atoms with Crippen LogP contribution in [0.3, 0.4) is 0 Å². The molecule has 2 saturated carbocycles. The van der Waals surface area contributed by atoms with Crippen LogP contribution in [-0.4, -0.2) is 36.0 Å². The van der Waals surface area contributed by atoms with E-state index in [1.807, 2.05) is 0 Å². The standard InChI is InChI=1S/C17H33NO2/c1-2-3-4-5-6-12-20-16-8-7-11-17(13-16,14-19)18-15-9-10-15/h15-16,18-19H,2-14H2,1H3. The monoisotopic (exact) mass is 283 g/mol. The van der Waals surface area contributed by atoms with Crippen LogP contribution in [0.25, 0.3) is 0 Å². The van der Waals surface area contributed by atoms with Crippen molar-refractivity contribution in [2.24, 2.45) is 0 Å². The van der Waals surface area contributed by atoms with E-state index in [0.29, 0.717) is 12.1 Å². The summed E-state index contributed by atoms with van der Waals surface area (Å²) in [6.07, 6.45) is 13.9. The number of nitrogens with one attached hydrogen (secondary N) is 1. The van der Waals surface area contributed by atoms with Gasteiger partial charge in [0.05, 0.1) is 12.7 Å². The number of ether oxygens (including phenoxy) is 1. The molecular formula is C17H33NO2. The van der Waals surface area contributed by atoms with Gasteiger partial charge in [-0.2, -0.15) is 0 Å². The second-order valence-electron chi connectivity index (χ2n) is 6.86. The number of hydrogen-bond acceptors (Lipinski definition) is 3. The van der Waals surface area contributed by atoms with E-state index in [0.717, 1.165) is 19.4 Å². The highest BCUT2D eigenvalue weighted by Crippen LogP contribution is 2.33. The summed E-state index contributed by atoms with van der Waals surface area (Å²) >= 11 is 0. The van der Waals surface area contributed by atoms with Gasteiger partial charge >= 0.3 is 0 Å². The molecule has 2 atom stereocenters. The van der Waals surface area contributed by atoms with Crippen molar-refractivity contribution in [1.29, 1.82) is 0 Å². The van der Waals surface area contributed by atoms with Crippen LogP contribution in [0.1, 0.15) is 77.6 Å². The molecule has 2 N–H and O–H groups in total. The molecule has 0 aromatic heterocycles. The van der Waals surface area contributed by atoms with Crippen molar-refractivity contribution in [3.63, 3.8) is 0 Å². The average molecular weight is 283 g/mol. The van der Waals surface area contributed by atoms with Crippen LogP contribution in [0.5, 0.6) is 0 Å². The Morgan fingerprint density at radius 2 is 1.95 bits per heavy atom. The first-order valence-electron chi connectivity index (χ1n) is 8.78. The van der Waals surface area contributed by atoms with Gasteiger partial charge in [-0.15, -0.1) is 0 Å². The van der Waals surface area contributed by atoms with E-state index < -0.39 is 0 Å². The zero-order chi connectivity index (χ0) is 14.3. The van der Waals surface area contributed by atoms with Crippen molar-refractivity contribution < 1.29 is 9.84 Å². The van der Waals surface area contributed by atoms with Crippen molar-refractivity contribution in [3.8, 4) is 0 Å². The minimum atomic E-state index is -0.0493. The Morgan fingerprint density at radius 1 is 1.15 bits per heavy atom. The van der Waals surface area contributed by atoms with Crippen molar-refractivity contribution in [2.75, 3.05) is 13.2 Å². The zero-order valence-electron chi connectivity index (χ0n) is 13.2. The van der Waals surface area contributed by atoms with E-state index in [2.05, 4.69) is 12.2 Å². The molecule has 2 aliphatic carbocycles. The minimum Gasteiger partial charge on any atom is -0.394 e. The van der Waals surface area contributed by atoms with Gasteiger partial charge in [0, 0.05) is 18.2 Å². The Balaban J connectivity index is 1.64. The number of aliphatic hydroxyl groups is 1. The number of rotatable bonds is 10. The molecular weight excluding hydrogens is 250 g/mol. The van der Waals surface area contributed by atoms with Gasteiger partial charge in [-0.25, -0.2) is 0 Å². The molecule has 0 amide bonds. The van der Waals surface area contributed by atoms with Gasteiger partial charge in [0.2, 0.25) is 0 Å². The molecule has 3 nitrogen and oxygen atoms in total. The largest absolute Gasteiger partial charge is 0.394 e. The molecule has 2 fully saturated rings. The highest BCUT2D eigenvalue weighted by Gasteiger charge is 2.40. The summed E-state index contributed by atoms with van der Waals surface area (Å²) in [5.41, 5.74) is -0.0493. The summed E-state index contributed by atoms with van der Waals surface area (Å²) in [7, 11) is 0. The van der Waals surface area contributed by atoms with E-state index in [4.69, 9.17) is 4.74 Å². The van der Waals surface area contributed by atoms with Crippen LogP contribution >= 0.6 is 0 Å². The molecule has 0 saturated heterocycles. The second kappa shape index (κ2) is 8.35. The van der Waals surface area contributed by atoms with E-state index in [1.165, 1.54) is 57.8 Å². The fraction of sp³-hybridized carbons (Fsp3) is 1.00. The summed E-state index contributed by atoms with van der Waals surface area (Å²) in [5.74, 6) is 0. The Morgan fingerprint density at radius 3 is 2.65 bits per heavy atom. The number of hydrogen-bond donors (Lipinski definition) is 2. The van der Waals surface area contributed by atoms with E-state index in [1.54, 1.807) is 0 Å². The lowest BCUT2D eigenvalue weighted by Crippen LogP contribution is -2.54. The van der Waals surface area contributed by atoms with Gasteiger partial charge in [-0.05, 0) is 44.9 Å². The molecule has 2 rings (SSSR count).